The fraction of sp³-hybridized carbons (Fsp3) is 1.00. The lowest BCUT2D eigenvalue weighted by Gasteiger charge is -2.43. The third-order valence-corrected chi connectivity index (χ3v) is 3.70. The van der Waals surface area contributed by atoms with Crippen LogP contribution in [0.15, 0.2) is 0 Å². The van der Waals surface area contributed by atoms with Crippen molar-refractivity contribution in [1.29, 1.82) is 0 Å². The molecule has 0 aliphatic carbocycles. The van der Waals surface area contributed by atoms with Gasteiger partial charge in [-0.2, -0.15) is 0 Å². The standard InChI is InChI=1S/C13H28N2O/c1-3-6-13(12-14,7-4-2)15-8-5-10-16-11-9-15/h3-12,14H2,1-2H3. The summed E-state index contributed by atoms with van der Waals surface area (Å²) in [4.78, 5) is 2.59. The van der Waals surface area contributed by atoms with Gasteiger partial charge >= 0.3 is 0 Å². The van der Waals surface area contributed by atoms with E-state index in [-0.39, 0.29) is 5.54 Å². The summed E-state index contributed by atoms with van der Waals surface area (Å²) in [6.07, 6.45) is 6.02. The van der Waals surface area contributed by atoms with Crippen LogP contribution in [0, 0.1) is 0 Å². The molecule has 0 bridgehead atoms. The Morgan fingerprint density at radius 3 is 2.38 bits per heavy atom. The Morgan fingerprint density at radius 2 is 1.81 bits per heavy atom. The molecule has 16 heavy (non-hydrogen) atoms. The van der Waals surface area contributed by atoms with Gasteiger partial charge in [-0.1, -0.05) is 26.7 Å². The van der Waals surface area contributed by atoms with Crippen molar-refractivity contribution in [1.82, 2.24) is 4.90 Å². The topological polar surface area (TPSA) is 38.5 Å². The van der Waals surface area contributed by atoms with Gasteiger partial charge in [-0.25, -0.2) is 0 Å². The quantitative estimate of drug-likeness (QED) is 0.756. The number of hydrogen-bond acceptors (Lipinski definition) is 3. The lowest BCUT2D eigenvalue weighted by molar-refractivity contribution is 0.0667. The van der Waals surface area contributed by atoms with Crippen molar-refractivity contribution in [2.24, 2.45) is 5.73 Å². The van der Waals surface area contributed by atoms with E-state index < -0.39 is 0 Å². The molecule has 3 nitrogen and oxygen atoms in total. The van der Waals surface area contributed by atoms with E-state index in [4.69, 9.17) is 10.5 Å². The van der Waals surface area contributed by atoms with E-state index in [0.717, 1.165) is 39.3 Å². The second-order valence-electron chi connectivity index (χ2n) is 4.88. The lowest BCUT2D eigenvalue weighted by atomic mass is 9.86. The molecule has 1 rings (SSSR count). The average molecular weight is 228 g/mol. The van der Waals surface area contributed by atoms with Crippen molar-refractivity contribution in [2.75, 3.05) is 32.8 Å². The van der Waals surface area contributed by atoms with E-state index in [2.05, 4.69) is 18.7 Å². The third kappa shape index (κ3) is 3.44. The number of nitrogens with zero attached hydrogens (tertiary/aromatic N) is 1. The zero-order valence-electron chi connectivity index (χ0n) is 11.0. The number of rotatable bonds is 6. The van der Waals surface area contributed by atoms with Crippen LogP contribution in [0.4, 0.5) is 0 Å². The molecule has 1 heterocycles. The number of nitrogens with two attached hydrogens (primary N) is 1. The minimum atomic E-state index is 0.233. The zero-order valence-corrected chi connectivity index (χ0v) is 11.0. The van der Waals surface area contributed by atoms with E-state index in [0.29, 0.717) is 0 Å². The second-order valence-corrected chi connectivity index (χ2v) is 4.88. The van der Waals surface area contributed by atoms with Crippen molar-refractivity contribution in [2.45, 2.75) is 51.5 Å². The molecule has 3 heteroatoms. The van der Waals surface area contributed by atoms with Crippen LogP contribution in [0.3, 0.4) is 0 Å². The van der Waals surface area contributed by atoms with Gasteiger partial charge in [0.05, 0.1) is 6.61 Å². The maximum atomic E-state index is 6.08. The molecule has 1 fully saturated rings. The summed E-state index contributed by atoms with van der Waals surface area (Å²) >= 11 is 0. The maximum Gasteiger partial charge on any atom is 0.0593 e. The van der Waals surface area contributed by atoms with Gasteiger partial charge in [0.2, 0.25) is 0 Å². The van der Waals surface area contributed by atoms with Crippen molar-refractivity contribution in [3.8, 4) is 0 Å². The highest BCUT2D eigenvalue weighted by Gasteiger charge is 2.33. The number of ether oxygens (including phenoxy) is 1. The summed E-state index contributed by atoms with van der Waals surface area (Å²) in [5.74, 6) is 0. The SMILES string of the molecule is CCCC(CN)(CCC)N1CCCOCC1. The fourth-order valence-corrected chi connectivity index (χ4v) is 2.93. The second kappa shape index (κ2) is 7.25. The van der Waals surface area contributed by atoms with E-state index >= 15 is 0 Å². The summed E-state index contributed by atoms with van der Waals surface area (Å²) in [5, 5.41) is 0. The molecule has 96 valence electrons. The first-order valence-corrected chi connectivity index (χ1v) is 6.82. The van der Waals surface area contributed by atoms with Crippen LogP contribution >= 0.6 is 0 Å². The molecule has 0 amide bonds. The van der Waals surface area contributed by atoms with Gasteiger partial charge in [0.1, 0.15) is 0 Å². The highest BCUT2D eigenvalue weighted by molar-refractivity contribution is 4.91. The summed E-state index contributed by atoms with van der Waals surface area (Å²) in [7, 11) is 0. The molecule has 2 N–H and O–H groups in total. The lowest BCUT2D eigenvalue weighted by Crippen LogP contribution is -2.54. The van der Waals surface area contributed by atoms with Crippen molar-refractivity contribution in [3.63, 3.8) is 0 Å². The molecule has 0 saturated carbocycles. The van der Waals surface area contributed by atoms with Crippen LogP contribution in [0.25, 0.3) is 0 Å². The van der Waals surface area contributed by atoms with Crippen LogP contribution in [0.1, 0.15) is 46.0 Å². The highest BCUT2D eigenvalue weighted by Crippen LogP contribution is 2.27. The Hall–Kier alpha value is -0.120. The molecule has 0 radical (unpaired) electrons. The van der Waals surface area contributed by atoms with Crippen LogP contribution < -0.4 is 5.73 Å². The highest BCUT2D eigenvalue weighted by atomic mass is 16.5. The van der Waals surface area contributed by atoms with Gasteiger partial charge in [-0.15, -0.1) is 0 Å². The Labute approximate surface area is 100 Å². The molecule has 1 saturated heterocycles. The minimum Gasteiger partial charge on any atom is -0.380 e. The molecular weight excluding hydrogens is 200 g/mol. The first-order chi connectivity index (χ1) is 7.79. The molecule has 0 unspecified atom stereocenters. The van der Waals surface area contributed by atoms with Crippen LogP contribution in [-0.4, -0.2) is 43.3 Å². The van der Waals surface area contributed by atoms with E-state index in [1.165, 1.54) is 25.7 Å². The zero-order chi connectivity index (χ0) is 11.9. The minimum absolute atomic E-state index is 0.233. The van der Waals surface area contributed by atoms with E-state index in [1.807, 2.05) is 0 Å². The monoisotopic (exact) mass is 228 g/mol. The van der Waals surface area contributed by atoms with Gasteiger partial charge in [-0.3, -0.25) is 4.90 Å². The Balaban J connectivity index is 2.70. The predicted molar refractivity (Wildman–Crippen MR) is 68.6 cm³/mol. The first kappa shape index (κ1) is 13.9. The maximum absolute atomic E-state index is 6.08. The van der Waals surface area contributed by atoms with Crippen molar-refractivity contribution in [3.05, 3.63) is 0 Å². The third-order valence-electron chi connectivity index (χ3n) is 3.70. The Bertz CT molecular complexity index is 171. The van der Waals surface area contributed by atoms with Gasteiger partial charge in [0.25, 0.3) is 0 Å². The molecule has 0 aromatic carbocycles. The van der Waals surface area contributed by atoms with Gasteiger partial charge < -0.3 is 10.5 Å². The summed E-state index contributed by atoms with van der Waals surface area (Å²) in [6, 6.07) is 0. The van der Waals surface area contributed by atoms with Crippen LogP contribution in [-0.2, 0) is 4.74 Å². The molecule has 0 aromatic rings. The summed E-state index contributed by atoms with van der Waals surface area (Å²) < 4.78 is 5.54. The first-order valence-electron chi connectivity index (χ1n) is 6.82. The average Bonchev–Trinajstić information content (AvgIpc) is 2.57. The van der Waals surface area contributed by atoms with Gasteiger partial charge in [0.15, 0.2) is 0 Å². The van der Waals surface area contributed by atoms with Crippen molar-refractivity contribution < 1.29 is 4.74 Å². The Morgan fingerprint density at radius 1 is 1.12 bits per heavy atom. The van der Waals surface area contributed by atoms with Gasteiger partial charge in [-0.05, 0) is 19.3 Å². The molecule has 1 aliphatic heterocycles. The van der Waals surface area contributed by atoms with Crippen molar-refractivity contribution >= 4 is 0 Å². The molecule has 0 atom stereocenters. The largest absolute Gasteiger partial charge is 0.380 e. The fourth-order valence-electron chi connectivity index (χ4n) is 2.93. The van der Waals surface area contributed by atoms with Crippen LogP contribution in [0.5, 0.6) is 0 Å². The molecule has 0 spiro atoms. The van der Waals surface area contributed by atoms with Gasteiger partial charge in [0, 0.05) is 31.8 Å². The molecule has 0 aromatic heterocycles. The molecule has 1 aliphatic rings. The van der Waals surface area contributed by atoms with Crippen LogP contribution in [0.2, 0.25) is 0 Å². The summed E-state index contributed by atoms with van der Waals surface area (Å²) in [5.41, 5.74) is 6.31. The molecular formula is C13H28N2O. The van der Waals surface area contributed by atoms with E-state index in [1.54, 1.807) is 0 Å². The normalized spacial score (nSPS) is 19.7. The Kier molecular flexibility index (Phi) is 6.32. The smallest absolute Gasteiger partial charge is 0.0593 e. The number of hydrogen-bond donors (Lipinski definition) is 1. The van der Waals surface area contributed by atoms with E-state index in [9.17, 15) is 0 Å². The summed E-state index contributed by atoms with van der Waals surface area (Å²) in [6.45, 7) is 9.29. The predicted octanol–water partition coefficient (Wildman–Crippen LogP) is 2.01.